The van der Waals surface area contributed by atoms with Crippen LogP contribution in [0, 0.1) is 11.6 Å². The van der Waals surface area contributed by atoms with E-state index in [0.29, 0.717) is 5.82 Å². The van der Waals surface area contributed by atoms with Gasteiger partial charge in [-0.25, -0.2) is 19.2 Å². The van der Waals surface area contributed by atoms with Gasteiger partial charge >= 0.3 is 0 Å². The van der Waals surface area contributed by atoms with Crippen LogP contribution in [0.25, 0.3) is 0 Å². The summed E-state index contributed by atoms with van der Waals surface area (Å²) in [6.07, 6.45) is 3.27. The summed E-state index contributed by atoms with van der Waals surface area (Å²) in [4.78, 5) is 4.07. The maximum absolute atomic E-state index is 13.6. The molecule has 0 spiro atoms. The first kappa shape index (κ1) is 11.7. The van der Waals surface area contributed by atoms with Crippen LogP contribution >= 0.6 is 0 Å². The molecule has 6 heteroatoms. The number of nitrogens with zero attached hydrogens (tertiary/aromatic N) is 2. The van der Waals surface area contributed by atoms with Gasteiger partial charge in [-0.15, -0.1) is 0 Å². The number of imidazole rings is 1. The standard InChI is InChI=1S/C11H12F2N4/c1-17-5-4-15-11(17)10(16-14)8-6-7(12)2-3-9(8)13/h2-6,10,16H,14H2,1H3. The highest BCUT2D eigenvalue weighted by Gasteiger charge is 2.20. The average molecular weight is 238 g/mol. The summed E-state index contributed by atoms with van der Waals surface area (Å²) >= 11 is 0. The van der Waals surface area contributed by atoms with Gasteiger partial charge in [-0.3, -0.25) is 5.84 Å². The molecule has 0 fully saturated rings. The molecule has 90 valence electrons. The Morgan fingerprint density at radius 3 is 2.76 bits per heavy atom. The molecule has 2 rings (SSSR count). The van der Waals surface area contributed by atoms with Gasteiger partial charge in [0.05, 0.1) is 0 Å². The van der Waals surface area contributed by atoms with Crippen LogP contribution in [0.15, 0.2) is 30.6 Å². The third kappa shape index (κ3) is 2.17. The molecule has 0 amide bonds. The van der Waals surface area contributed by atoms with E-state index in [1.165, 1.54) is 0 Å². The summed E-state index contributed by atoms with van der Waals surface area (Å²) in [5.74, 6) is 4.85. The van der Waals surface area contributed by atoms with Gasteiger partial charge in [-0.1, -0.05) is 0 Å². The van der Waals surface area contributed by atoms with Crippen LogP contribution in [-0.2, 0) is 7.05 Å². The van der Waals surface area contributed by atoms with Crippen molar-refractivity contribution >= 4 is 0 Å². The first-order valence-corrected chi connectivity index (χ1v) is 5.01. The lowest BCUT2D eigenvalue weighted by atomic mass is 10.1. The van der Waals surface area contributed by atoms with Crippen LogP contribution in [0.1, 0.15) is 17.4 Å². The number of aromatic nitrogens is 2. The fourth-order valence-corrected chi connectivity index (χ4v) is 1.69. The fraction of sp³-hybridized carbons (Fsp3) is 0.182. The van der Waals surface area contributed by atoms with Gasteiger partial charge in [-0.2, -0.15) is 0 Å². The molecule has 1 atom stereocenters. The van der Waals surface area contributed by atoms with Crippen molar-refractivity contribution in [2.45, 2.75) is 6.04 Å². The number of benzene rings is 1. The lowest BCUT2D eigenvalue weighted by Crippen LogP contribution is -2.31. The van der Waals surface area contributed by atoms with Crippen LogP contribution in [0.2, 0.25) is 0 Å². The van der Waals surface area contributed by atoms with Crippen molar-refractivity contribution in [3.8, 4) is 0 Å². The number of hydrogen-bond donors (Lipinski definition) is 2. The molecule has 1 aromatic heterocycles. The molecular formula is C11H12F2N4. The Labute approximate surface area is 97.0 Å². The van der Waals surface area contributed by atoms with Crippen molar-refractivity contribution < 1.29 is 8.78 Å². The maximum atomic E-state index is 13.6. The van der Waals surface area contributed by atoms with Gasteiger partial charge in [0.15, 0.2) is 0 Å². The Bertz CT molecular complexity index is 524. The van der Waals surface area contributed by atoms with Crippen molar-refractivity contribution in [3.05, 3.63) is 53.6 Å². The largest absolute Gasteiger partial charge is 0.336 e. The van der Waals surface area contributed by atoms with Gasteiger partial charge in [0, 0.05) is 25.0 Å². The number of nitrogens with two attached hydrogens (primary N) is 1. The van der Waals surface area contributed by atoms with E-state index in [-0.39, 0.29) is 5.56 Å². The number of halogens is 2. The zero-order valence-electron chi connectivity index (χ0n) is 9.19. The molecular weight excluding hydrogens is 226 g/mol. The highest BCUT2D eigenvalue weighted by atomic mass is 19.1. The number of hydrazine groups is 1. The lowest BCUT2D eigenvalue weighted by Gasteiger charge is -2.16. The first-order valence-electron chi connectivity index (χ1n) is 5.01. The molecule has 1 heterocycles. The molecule has 0 bridgehead atoms. The lowest BCUT2D eigenvalue weighted by molar-refractivity contribution is 0.523. The predicted molar refractivity (Wildman–Crippen MR) is 58.7 cm³/mol. The molecule has 3 N–H and O–H groups in total. The van der Waals surface area contributed by atoms with Gasteiger partial charge in [-0.05, 0) is 18.2 Å². The van der Waals surface area contributed by atoms with Crippen molar-refractivity contribution in [2.75, 3.05) is 0 Å². The van der Waals surface area contributed by atoms with Crippen LogP contribution in [0.5, 0.6) is 0 Å². The summed E-state index contributed by atoms with van der Waals surface area (Å²) in [5, 5.41) is 0. The Morgan fingerprint density at radius 2 is 2.18 bits per heavy atom. The molecule has 1 aromatic carbocycles. The summed E-state index contributed by atoms with van der Waals surface area (Å²) in [6, 6.07) is 2.54. The van der Waals surface area contributed by atoms with E-state index in [2.05, 4.69) is 10.4 Å². The second-order valence-corrected chi connectivity index (χ2v) is 3.66. The Morgan fingerprint density at radius 1 is 1.41 bits per heavy atom. The summed E-state index contributed by atoms with van der Waals surface area (Å²) < 4.78 is 28.4. The van der Waals surface area contributed by atoms with Gasteiger partial charge in [0.1, 0.15) is 23.5 Å². The molecule has 0 aliphatic heterocycles. The summed E-state index contributed by atoms with van der Waals surface area (Å²) in [7, 11) is 1.75. The predicted octanol–water partition coefficient (Wildman–Crippen LogP) is 1.25. The Balaban J connectivity index is 2.49. The second kappa shape index (κ2) is 4.60. The molecule has 0 saturated heterocycles. The van der Waals surface area contributed by atoms with Crippen molar-refractivity contribution in [3.63, 3.8) is 0 Å². The molecule has 0 aliphatic carbocycles. The van der Waals surface area contributed by atoms with Crippen LogP contribution in [0.4, 0.5) is 8.78 Å². The minimum absolute atomic E-state index is 0.127. The van der Waals surface area contributed by atoms with Crippen molar-refractivity contribution in [1.29, 1.82) is 0 Å². The highest BCUT2D eigenvalue weighted by Crippen LogP contribution is 2.23. The number of nitrogens with one attached hydrogen (secondary N) is 1. The molecule has 0 saturated carbocycles. The smallest absolute Gasteiger partial charge is 0.131 e. The van der Waals surface area contributed by atoms with Crippen molar-refractivity contribution in [1.82, 2.24) is 15.0 Å². The van der Waals surface area contributed by atoms with Gasteiger partial charge in [0.25, 0.3) is 0 Å². The minimum atomic E-state index is -0.689. The van der Waals surface area contributed by atoms with Gasteiger partial charge in [0.2, 0.25) is 0 Å². The number of hydrogen-bond acceptors (Lipinski definition) is 3. The van der Waals surface area contributed by atoms with E-state index in [1.807, 2.05) is 0 Å². The van der Waals surface area contributed by atoms with Crippen molar-refractivity contribution in [2.24, 2.45) is 12.9 Å². The van der Waals surface area contributed by atoms with Gasteiger partial charge < -0.3 is 4.57 Å². The third-order valence-electron chi connectivity index (χ3n) is 2.55. The maximum Gasteiger partial charge on any atom is 0.131 e. The second-order valence-electron chi connectivity index (χ2n) is 3.66. The molecule has 0 aliphatic rings. The van der Waals surface area contributed by atoms with E-state index in [0.717, 1.165) is 18.2 Å². The monoisotopic (exact) mass is 238 g/mol. The highest BCUT2D eigenvalue weighted by molar-refractivity contribution is 5.27. The van der Waals surface area contributed by atoms with Crippen LogP contribution < -0.4 is 11.3 Å². The molecule has 4 nitrogen and oxygen atoms in total. The number of aryl methyl sites for hydroxylation is 1. The average Bonchev–Trinajstić information content (AvgIpc) is 2.71. The summed E-state index contributed by atoms with van der Waals surface area (Å²) in [5.41, 5.74) is 2.57. The van der Waals surface area contributed by atoms with E-state index in [1.54, 1.807) is 24.0 Å². The Hall–Kier alpha value is -1.79. The van der Waals surface area contributed by atoms with E-state index >= 15 is 0 Å². The summed E-state index contributed by atoms with van der Waals surface area (Å²) in [6.45, 7) is 0. The Kier molecular flexibility index (Phi) is 3.16. The number of rotatable bonds is 3. The fourth-order valence-electron chi connectivity index (χ4n) is 1.69. The normalized spacial score (nSPS) is 12.7. The molecule has 17 heavy (non-hydrogen) atoms. The first-order chi connectivity index (χ1) is 8.13. The van der Waals surface area contributed by atoms with E-state index in [9.17, 15) is 8.78 Å². The zero-order chi connectivity index (χ0) is 12.4. The van der Waals surface area contributed by atoms with E-state index < -0.39 is 17.7 Å². The SMILES string of the molecule is Cn1ccnc1C(NN)c1cc(F)ccc1F. The topological polar surface area (TPSA) is 55.9 Å². The molecule has 1 unspecified atom stereocenters. The third-order valence-corrected chi connectivity index (χ3v) is 2.55. The quantitative estimate of drug-likeness (QED) is 0.625. The minimum Gasteiger partial charge on any atom is -0.336 e. The van der Waals surface area contributed by atoms with Crippen LogP contribution in [-0.4, -0.2) is 9.55 Å². The van der Waals surface area contributed by atoms with Crippen LogP contribution in [0.3, 0.4) is 0 Å². The van der Waals surface area contributed by atoms with E-state index in [4.69, 9.17) is 5.84 Å². The molecule has 0 radical (unpaired) electrons. The zero-order valence-corrected chi connectivity index (χ0v) is 9.19. The molecule has 2 aromatic rings.